The number of fused-ring (bicyclic) bond motifs is 5. The van der Waals surface area contributed by atoms with Gasteiger partial charge in [-0.1, -0.05) is 109 Å². The number of hydrogen-bond acceptors (Lipinski definition) is 5. The summed E-state index contributed by atoms with van der Waals surface area (Å²) >= 11 is 3.66. The molecule has 56 heavy (non-hydrogen) atoms. The molecule has 3 nitrogen and oxygen atoms in total. The maximum absolute atomic E-state index is 6.59. The van der Waals surface area contributed by atoms with Crippen molar-refractivity contribution in [3.63, 3.8) is 0 Å². The van der Waals surface area contributed by atoms with E-state index in [2.05, 4.69) is 164 Å². The van der Waals surface area contributed by atoms with E-state index in [0.29, 0.717) is 0 Å². The van der Waals surface area contributed by atoms with E-state index in [4.69, 9.17) is 13.8 Å². The Morgan fingerprint density at radius 1 is 0.357 bits per heavy atom. The first-order valence-corrected chi connectivity index (χ1v) is 20.4. The van der Waals surface area contributed by atoms with E-state index in [-0.39, 0.29) is 0 Å². The maximum atomic E-state index is 6.59. The quantitative estimate of drug-likeness (QED) is 0.180. The van der Waals surface area contributed by atoms with Crippen LogP contribution in [-0.4, -0.2) is 4.98 Å². The molecule has 0 saturated carbocycles. The summed E-state index contributed by atoms with van der Waals surface area (Å²) in [6, 6.07) is 58.7. The van der Waals surface area contributed by atoms with Crippen molar-refractivity contribution in [2.24, 2.45) is 0 Å². The SMILES string of the molecule is c1ccc(-c2ccc(-c3cc(-c4ccc5c(c4)sc4ccccc45)cc(-c4ccc5oc6ccc7oc8cc9ccccc9c9sc4c5c6c7c89)n3)cc2)cc1. The minimum Gasteiger partial charge on any atom is -0.456 e. The lowest BCUT2D eigenvalue weighted by Crippen LogP contribution is -1.92. The third-order valence-corrected chi connectivity index (χ3v) is 13.8. The number of furan rings is 2. The maximum Gasteiger partial charge on any atom is 0.137 e. The lowest BCUT2D eigenvalue weighted by Gasteiger charge is -2.12. The summed E-state index contributed by atoms with van der Waals surface area (Å²) in [7, 11) is 0. The van der Waals surface area contributed by atoms with E-state index < -0.39 is 0 Å². The molecule has 5 heteroatoms. The highest BCUT2D eigenvalue weighted by Crippen LogP contribution is 2.50. The first-order chi connectivity index (χ1) is 27.7. The van der Waals surface area contributed by atoms with E-state index >= 15 is 0 Å². The van der Waals surface area contributed by atoms with Crippen LogP contribution in [0.15, 0.2) is 173 Å². The van der Waals surface area contributed by atoms with Gasteiger partial charge < -0.3 is 8.83 Å². The molecule has 5 heterocycles. The van der Waals surface area contributed by atoms with Gasteiger partial charge in [0.25, 0.3) is 0 Å². The number of aromatic nitrogens is 1. The van der Waals surface area contributed by atoms with Crippen LogP contribution in [0.1, 0.15) is 0 Å². The molecule has 0 aliphatic heterocycles. The molecular formula is C51H27NO2S2. The smallest absolute Gasteiger partial charge is 0.137 e. The second-order valence-corrected chi connectivity index (χ2v) is 16.7. The second-order valence-electron chi connectivity index (χ2n) is 14.6. The zero-order valence-electron chi connectivity index (χ0n) is 29.7. The van der Waals surface area contributed by atoms with Crippen LogP contribution in [0.5, 0.6) is 0 Å². The van der Waals surface area contributed by atoms with Crippen LogP contribution in [0.3, 0.4) is 0 Å². The van der Waals surface area contributed by atoms with Crippen molar-refractivity contribution < 1.29 is 8.83 Å². The molecule has 0 aliphatic rings. The van der Waals surface area contributed by atoms with Crippen LogP contribution in [0.4, 0.5) is 0 Å². The highest BCUT2D eigenvalue weighted by atomic mass is 32.1. The Balaban J connectivity index is 1.10. The van der Waals surface area contributed by atoms with Gasteiger partial charge in [0.2, 0.25) is 0 Å². The molecule has 0 N–H and O–H groups in total. The van der Waals surface area contributed by atoms with Crippen molar-refractivity contribution in [2.45, 2.75) is 0 Å². The van der Waals surface area contributed by atoms with Gasteiger partial charge in [-0.05, 0) is 87.6 Å². The summed E-state index contributed by atoms with van der Waals surface area (Å²) < 4.78 is 18.1. The Hall–Kier alpha value is -6.79. The van der Waals surface area contributed by atoms with Gasteiger partial charge in [-0.2, -0.15) is 0 Å². The molecule has 0 atom stereocenters. The highest BCUT2D eigenvalue weighted by molar-refractivity contribution is 7.26. The summed E-state index contributed by atoms with van der Waals surface area (Å²) in [5.41, 5.74) is 12.2. The van der Waals surface area contributed by atoms with Gasteiger partial charge in [0.15, 0.2) is 0 Å². The van der Waals surface area contributed by atoms with E-state index in [0.717, 1.165) is 82.0 Å². The molecule has 0 radical (unpaired) electrons. The van der Waals surface area contributed by atoms with Gasteiger partial charge in [0, 0.05) is 62.2 Å². The molecule has 0 amide bonds. The first-order valence-electron chi connectivity index (χ1n) is 18.8. The largest absolute Gasteiger partial charge is 0.456 e. The Labute approximate surface area is 327 Å². The molecule has 13 rings (SSSR count). The lowest BCUT2D eigenvalue weighted by atomic mass is 9.97. The summed E-state index contributed by atoms with van der Waals surface area (Å²) in [6.07, 6.45) is 0. The monoisotopic (exact) mass is 749 g/mol. The molecule has 8 aromatic carbocycles. The van der Waals surface area contributed by atoms with Crippen LogP contribution in [0.25, 0.3) is 129 Å². The van der Waals surface area contributed by atoms with E-state index in [9.17, 15) is 0 Å². The van der Waals surface area contributed by atoms with Crippen molar-refractivity contribution in [3.8, 4) is 44.8 Å². The topological polar surface area (TPSA) is 39.2 Å². The zero-order chi connectivity index (χ0) is 36.5. The Kier molecular flexibility index (Phi) is 6.20. The number of hydrogen-bond donors (Lipinski definition) is 0. The van der Waals surface area contributed by atoms with Crippen molar-refractivity contribution in [1.82, 2.24) is 4.98 Å². The van der Waals surface area contributed by atoms with Crippen molar-refractivity contribution in [3.05, 3.63) is 164 Å². The van der Waals surface area contributed by atoms with E-state index in [1.807, 2.05) is 22.7 Å². The molecule has 260 valence electrons. The van der Waals surface area contributed by atoms with Crippen molar-refractivity contribution >= 4 is 107 Å². The molecule has 0 bridgehead atoms. The number of benzene rings is 8. The summed E-state index contributed by atoms with van der Waals surface area (Å²) in [5.74, 6) is 0. The van der Waals surface area contributed by atoms with Gasteiger partial charge in [-0.25, -0.2) is 4.98 Å². The van der Waals surface area contributed by atoms with Crippen LogP contribution in [-0.2, 0) is 0 Å². The minimum atomic E-state index is 0.868. The normalized spacial score (nSPS) is 12.3. The molecule has 5 aromatic heterocycles. The summed E-state index contributed by atoms with van der Waals surface area (Å²) in [6.45, 7) is 0. The Bertz CT molecular complexity index is 3700. The van der Waals surface area contributed by atoms with E-state index in [1.54, 1.807) is 0 Å². The van der Waals surface area contributed by atoms with Crippen molar-refractivity contribution in [1.29, 1.82) is 0 Å². The zero-order valence-corrected chi connectivity index (χ0v) is 31.3. The number of pyridine rings is 1. The van der Waals surface area contributed by atoms with Crippen LogP contribution >= 0.6 is 22.7 Å². The number of nitrogens with zero attached hydrogens (tertiary/aromatic N) is 1. The molecular weight excluding hydrogens is 723 g/mol. The third-order valence-electron chi connectivity index (χ3n) is 11.5. The minimum absolute atomic E-state index is 0.868. The molecule has 13 aromatic rings. The fourth-order valence-electron chi connectivity index (χ4n) is 8.83. The van der Waals surface area contributed by atoms with Gasteiger partial charge in [0.05, 0.1) is 11.4 Å². The van der Waals surface area contributed by atoms with Gasteiger partial charge in [0.1, 0.15) is 22.3 Å². The average molecular weight is 750 g/mol. The fraction of sp³-hybridized carbons (Fsp3) is 0. The molecule has 0 saturated heterocycles. The van der Waals surface area contributed by atoms with Gasteiger partial charge in [-0.15, -0.1) is 22.7 Å². The predicted molar refractivity (Wildman–Crippen MR) is 238 cm³/mol. The van der Waals surface area contributed by atoms with Crippen molar-refractivity contribution in [2.75, 3.05) is 0 Å². The standard InChI is InChI=1S/C51H27NO2S2/c1-2-8-28(9-3-1)29-14-16-30(17-15-29)38-24-33(31-18-19-36-35-12-6-7-13-44(35)55-45(36)27-31)25-39(52-38)37-20-21-42-48-46-40(53-42)22-23-41-47(46)49-43(54-41)26-32-10-4-5-11-34(32)50(49)56-51(37)48/h1-27H. The number of rotatable bonds is 4. The second kappa shape index (κ2) is 11.4. The molecule has 0 unspecified atom stereocenters. The van der Waals surface area contributed by atoms with Gasteiger partial charge in [-0.3, -0.25) is 0 Å². The third kappa shape index (κ3) is 4.35. The number of thiophene rings is 1. The Morgan fingerprint density at radius 3 is 1.84 bits per heavy atom. The van der Waals surface area contributed by atoms with Crippen LogP contribution in [0.2, 0.25) is 0 Å². The van der Waals surface area contributed by atoms with Crippen LogP contribution in [0, 0.1) is 0 Å². The lowest BCUT2D eigenvalue weighted by molar-refractivity contribution is 0.663. The van der Waals surface area contributed by atoms with Crippen LogP contribution < -0.4 is 0 Å². The van der Waals surface area contributed by atoms with Gasteiger partial charge >= 0.3 is 0 Å². The predicted octanol–water partition coefficient (Wildman–Crippen LogP) is 15.7. The first kappa shape index (κ1) is 30.5. The molecule has 0 aliphatic carbocycles. The average Bonchev–Trinajstić information content (AvgIpc) is 3.91. The van der Waals surface area contributed by atoms with E-state index in [1.165, 1.54) is 46.9 Å². The highest BCUT2D eigenvalue weighted by Gasteiger charge is 2.24. The summed E-state index contributed by atoms with van der Waals surface area (Å²) in [4.78, 5) is 5.51. The Morgan fingerprint density at radius 2 is 0.982 bits per heavy atom. The fourth-order valence-corrected chi connectivity index (χ4v) is 11.4. The molecule has 0 spiro atoms. The molecule has 0 fully saturated rings. The summed E-state index contributed by atoms with van der Waals surface area (Å²) in [5, 5.41) is 9.47.